The van der Waals surface area contributed by atoms with Crippen molar-refractivity contribution in [3.05, 3.63) is 22.4 Å². The fourth-order valence-corrected chi connectivity index (χ4v) is 3.17. The van der Waals surface area contributed by atoms with E-state index in [4.69, 9.17) is 0 Å². The average molecular weight is 295 g/mol. The highest BCUT2D eigenvalue weighted by atomic mass is 32.1. The van der Waals surface area contributed by atoms with Crippen molar-refractivity contribution in [3.63, 3.8) is 0 Å². The third-order valence-corrected chi connectivity index (χ3v) is 5.03. The standard InChI is InChI=1S/C15H25N3OS/c1-5-15(3)14(19)18(9-8-17(4)6-2)13(16-15)12-7-10-20-11-12/h7,10-11,13,16H,5-6,8-9H2,1-4H3. The fourth-order valence-electron chi connectivity index (χ4n) is 2.49. The molecule has 0 radical (unpaired) electrons. The van der Waals surface area contributed by atoms with Crippen LogP contribution in [-0.2, 0) is 4.79 Å². The molecule has 0 aromatic carbocycles. The highest BCUT2D eigenvalue weighted by Gasteiger charge is 2.46. The van der Waals surface area contributed by atoms with Crippen LogP contribution in [0.5, 0.6) is 0 Å². The second-order valence-corrected chi connectivity index (χ2v) is 6.46. The summed E-state index contributed by atoms with van der Waals surface area (Å²) in [5.41, 5.74) is 0.761. The van der Waals surface area contributed by atoms with Crippen LogP contribution >= 0.6 is 11.3 Å². The van der Waals surface area contributed by atoms with Crippen molar-refractivity contribution < 1.29 is 4.79 Å². The first-order valence-electron chi connectivity index (χ1n) is 7.31. The topological polar surface area (TPSA) is 35.6 Å². The molecule has 2 rings (SSSR count). The van der Waals surface area contributed by atoms with Crippen LogP contribution in [0.3, 0.4) is 0 Å². The quantitative estimate of drug-likeness (QED) is 0.875. The fraction of sp³-hybridized carbons (Fsp3) is 0.667. The van der Waals surface area contributed by atoms with Crippen LogP contribution in [0.15, 0.2) is 16.8 Å². The maximum atomic E-state index is 12.7. The smallest absolute Gasteiger partial charge is 0.244 e. The van der Waals surface area contributed by atoms with Gasteiger partial charge in [0, 0.05) is 13.1 Å². The van der Waals surface area contributed by atoms with Gasteiger partial charge in [0.1, 0.15) is 6.17 Å². The van der Waals surface area contributed by atoms with E-state index < -0.39 is 5.54 Å². The van der Waals surface area contributed by atoms with Crippen molar-refractivity contribution in [2.75, 3.05) is 26.7 Å². The van der Waals surface area contributed by atoms with Crippen molar-refractivity contribution >= 4 is 17.2 Å². The minimum Gasteiger partial charge on any atom is -0.320 e. The summed E-state index contributed by atoms with van der Waals surface area (Å²) >= 11 is 1.68. The van der Waals surface area contributed by atoms with Gasteiger partial charge in [0.25, 0.3) is 0 Å². The first-order chi connectivity index (χ1) is 9.51. The van der Waals surface area contributed by atoms with E-state index in [1.807, 2.05) is 11.8 Å². The van der Waals surface area contributed by atoms with E-state index in [0.29, 0.717) is 0 Å². The van der Waals surface area contributed by atoms with E-state index in [9.17, 15) is 4.79 Å². The molecule has 1 saturated heterocycles. The Morgan fingerprint density at radius 3 is 2.80 bits per heavy atom. The molecule has 2 unspecified atom stereocenters. The number of carbonyl (C=O) groups is 1. The SMILES string of the molecule is CCN(C)CCN1C(=O)C(C)(CC)NC1c1ccsc1. The lowest BCUT2D eigenvalue weighted by Crippen LogP contribution is -2.43. The Hall–Kier alpha value is -0.910. The van der Waals surface area contributed by atoms with Crippen LogP contribution in [0.25, 0.3) is 0 Å². The predicted molar refractivity (Wildman–Crippen MR) is 83.8 cm³/mol. The second-order valence-electron chi connectivity index (χ2n) is 5.68. The van der Waals surface area contributed by atoms with Gasteiger partial charge in [-0.05, 0) is 49.3 Å². The molecule has 1 aliphatic heterocycles. The number of nitrogens with one attached hydrogen (secondary N) is 1. The lowest BCUT2D eigenvalue weighted by atomic mass is 9.99. The number of carbonyl (C=O) groups excluding carboxylic acids is 1. The minimum absolute atomic E-state index is 0.0176. The molecule has 0 aliphatic carbocycles. The lowest BCUT2D eigenvalue weighted by molar-refractivity contribution is -0.133. The molecule has 2 atom stereocenters. The largest absolute Gasteiger partial charge is 0.320 e. The Morgan fingerprint density at radius 1 is 1.50 bits per heavy atom. The van der Waals surface area contributed by atoms with Gasteiger partial charge < -0.3 is 9.80 Å². The Labute approximate surface area is 125 Å². The number of hydrogen-bond donors (Lipinski definition) is 1. The molecule has 1 N–H and O–H groups in total. The van der Waals surface area contributed by atoms with Gasteiger partial charge in [0.2, 0.25) is 5.91 Å². The number of likely N-dealkylation sites (N-methyl/N-ethyl adjacent to an activating group) is 1. The summed E-state index contributed by atoms with van der Waals surface area (Å²) in [5.74, 6) is 0.223. The summed E-state index contributed by atoms with van der Waals surface area (Å²) in [6.07, 6.45) is 0.830. The molecule has 5 heteroatoms. The van der Waals surface area contributed by atoms with Crippen LogP contribution in [0.2, 0.25) is 0 Å². The monoisotopic (exact) mass is 295 g/mol. The van der Waals surface area contributed by atoms with Gasteiger partial charge in [-0.15, -0.1) is 0 Å². The molecule has 2 heterocycles. The molecule has 112 valence electrons. The molecule has 1 aromatic rings. The van der Waals surface area contributed by atoms with Crippen molar-refractivity contribution in [1.82, 2.24) is 15.1 Å². The van der Waals surface area contributed by atoms with Crippen LogP contribution in [0, 0.1) is 0 Å². The Morgan fingerprint density at radius 2 is 2.25 bits per heavy atom. The number of thiophene rings is 1. The summed E-state index contributed by atoms with van der Waals surface area (Å²) in [7, 11) is 2.09. The molecule has 0 saturated carbocycles. The summed E-state index contributed by atoms with van der Waals surface area (Å²) < 4.78 is 0. The number of rotatable bonds is 6. The first kappa shape index (κ1) is 15.5. The van der Waals surface area contributed by atoms with Crippen molar-refractivity contribution in [2.45, 2.75) is 38.9 Å². The van der Waals surface area contributed by atoms with E-state index >= 15 is 0 Å². The van der Waals surface area contributed by atoms with Gasteiger partial charge in [-0.1, -0.05) is 13.8 Å². The molecular formula is C15H25N3OS. The van der Waals surface area contributed by atoms with Gasteiger partial charge in [0.05, 0.1) is 5.54 Å². The van der Waals surface area contributed by atoms with Crippen LogP contribution < -0.4 is 5.32 Å². The van der Waals surface area contributed by atoms with E-state index in [1.54, 1.807) is 11.3 Å². The number of amides is 1. The molecule has 0 spiro atoms. The molecule has 1 fully saturated rings. The van der Waals surface area contributed by atoms with Gasteiger partial charge >= 0.3 is 0 Å². The highest BCUT2D eigenvalue weighted by molar-refractivity contribution is 7.07. The Kier molecular flexibility index (Phi) is 4.83. The van der Waals surface area contributed by atoms with E-state index in [2.05, 4.69) is 47.9 Å². The van der Waals surface area contributed by atoms with Crippen molar-refractivity contribution in [1.29, 1.82) is 0 Å². The maximum Gasteiger partial charge on any atom is 0.244 e. The third kappa shape index (κ3) is 2.90. The van der Waals surface area contributed by atoms with E-state index in [0.717, 1.165) is 26.1 Å². The van der Waals surface area contributed by atoms with Crippen molar-refractivity contribution in [2.24, 2.45) is 0 Å². The van der Waals surface area contributed by atoms with E-state index in [-0.39, 0.29) is 12.1 Å². The third-order valence-electron chi connectivity index (χ3n) is 4.33. The lowest BCUT2D eigenvalue weighted by Gasteiger charge is -2.26. The average Bonchev–Trinajstić information content (AvgIpc) is 3.06. The summed E-state index contributed by atoms with van der Waals surface area (Å²) in [6.45, 7) is 8.90. The highest BCUT2D eigenvalue weighted by Crippen LogP contribution is 2.33. The Balaban J connectivity index is 2.17. The summed E-state index contributed by atoms with van der Waals surface area (Å²) in [4.78, 5) is 16.9. The van der Waals surface area contributed by atoms with Gasteiger partial charge in [-0.3, -0.25) is 10.1 Å². The number of hydrogen-bond acceptors (Lipinski definition) is 4. The zero-order chi connectivity index (χ0) is 14.8. The maximum absolute atomic E-state index is 12.7. The molecule has 0 bridgehead atoms. The van der Waals surface area contributed by atoms with Crippen LogP contribution in [0.1, 0.15) is 38.9 Å². The first-order valence-corrected chi connectivity index (χ1v) is 8.25. The predicted octanol–water partition coefficient (Wildman–Crippen LogP) is 2.30. The number of nitrogens with zero attached hydrogens (tertiary/aromatic N) is 2. The summed E-state index contributed by atoms with van der Waals surface area (Å²) in [6, 6.07) is 2.10. The molecular weight excluding hydrogens is 270 g/mol. The molecule has 20 heavy (non-hydrogen) atoms. The summed E-state index contributed by atoms with van der Waals surface area (Å²) in [5, 5.41) is 7.72. The van der Waals surface area contributed by atoms with Gasteiger partial charge in [-0.2, -0.15) is 11.3 Å². The van der Waals surface area contributed by atoms with Crippen molar-refractivity contribution in [3.8, 4) is 0 Å². The van der Waals surface area contributed by atoms with Crippen LogP contribution in [0.4, 0.5) is 0 Å². The van der Waals surface area contributed by atoms with Gasteiger partial charge in [0.15, 0.2) is 0 Å². The molecule has 1 aliphatic rings. The molecule has 1 aromatic heterocycles. The molecule has 1 amide bonds. The zero-order valence-corrected chi connectivity index (χ0v) is 13.7. The zero-order valence-electron chi connectivity index (χ0n) is 12.8. The minimum atomic E-state index is -0.433. The molecule has 4 nitrogen and oxygen atoms in total. The van der Waals surface area contributed by atoms with Crippen LogP contribution in [-0.4, -0.2) is 47.9 Å². The van der Waals surface area contributed by atoms with Gasteiger partial charge in [-0.25, -0.2) is 0 Å². The normalized spacial score (nSPS) is 26.8. The van der Waals surface area contributed by atoms with E-state index in [1.165, 1.54) is 5.56 Å². The second kappa shape index (κ2) is 6.24. The Bertz CT molecular complexity index is 448.